The highest BCUT2D eigenvalue weighted by Gasteiger charge is 2.30. The van der Waals surface area contributed by atoms with Crippen LogP contribution < -0.4 is 33.2 Å². The molecule has 0 spiro atoms. The molecule has 0 aliphatic carbocycles. The normalized spacial score (nSPS) is 13.7. The van der Waals surface area contributed by atoms with E-state index in [2.05, 4.69) is 30.9 Å². The summed E-state index contributed by atoms with van der Waals surface area (Å²) < 4.78 is 0. The van der Waals surface area contributed by atoms with Crippen molar-refractivity contribution in [3.8, 4) is 0 Å². The molecule has 4 unspecified atom stereocenters. The van der Waals surface area contributed by atoms with Gasteiger partial charge < -0.3 is 43.2 Å². The number of imidazole rings is 1. The lowest BCUT2D eigenvalue weighted by Crippen LogP contribution is -2.57. The fourth-order valence-corrected chi connectivity index (χ4v) is 4.35. The minimum Gasteiger partial charge on any atom is -0.480 e. The van der Waals surface area contributed by atoms with Gasteiger partial charge in [-0.1, -0.05) is 30.3 Å². The number of aliphatic imine (C=N–C) groups is 1. The Labute approximate surface area is 242 Å². The van der Waals surface area contributed by atoms with Crippen molar-refractivity contribution in [1.82, 2.24) is 25.9 Å². The summed E-state index contributed by atoms with van der Waals surface area (Å²) in [6.45, 7) is 0.225. The third kappa shape index (κ3) is 12.3. The highest BCUT2D eigenvalue weighted by molar-refractivity contribution is 7.98. The van der Waals surface area contributed by atoms with Crippen molar-refractivity contribution in [2.75, 3.05) is 18.6 Å². The number of carboxylic acids is 1. The summed E-state index contributed by atoms with van der Waals surface area (Å²) in [5.74, 6) is -2.63. The van der Waals surface area contributed by atoms with Crippen LogP contribution in [-0.4, -0.2) is 87.4 Å². The Bertz CT molecular complexity index is 1140. The quantitative estimate of drug-likeness (QED) is 0.0590. The second-order valence-corrected chi connectivity index (χ2v) is 10.3. The number of carbonyl (C=O) groups is 4. The summed E-state index contributed by atoms with van der Waals surface area (Å²) in [5, 5.41) is 17.5. The van der Waals surface area contributed by atoms with Crippen molar-refractivity contribution in [2.45, 2.75) is 56.3 Å². The van der Waals surface area contributed by atoms with Crippen molar-refractivity contribution in [2.24, 2.45) is 22.2 Å². The maximum Gasteiger partial charge on any atom is 0.326 e. The molecule has 15 heteroatoms. The number of aromatic amines is 1. The Hall–Kier alpha value is -4.11. The van der Waals surface area contributed by atoms with E-state index in [9.17, 15) is 24.3 Å². The molecule has 3 amide bonds. The van der Waals surface area contributed by atoms with Gasteiger partial charge in [0.25, 0.3) is 0 Å². The number of nitrogens with zero attached hydrogens (tertiary/aromatic N) is 2. The lowest BCUT2D eigenvalue weighted by Gasteiger charge is -2.25. The fraction of sp³-hybridized carbons (Fsp3) is 0.462. The Morgan fingerprint density at radius 3 is 2.20 bits per heavy atom. The fourth-order valence-electron chi connectivity index (χ4n) is 3.88. The highest BCUT2D eigenvalue weighted by atomic mass is 32.2. The zero-order chi connectivity index (χ0) is 30.2. The number of H-pyrrole nitrogens is 1. The Kier molecular flexibility index (Phi) is 14.2. The first-order chi connectivity index (χ1) is 19.6. The largest absolute Gasteiger partial charge is 0.480 e. The van der Waals surface area contributed by atoms with Crippen LogP contribution >= 0.6 is 11.8 Å². The van der Waals surface area contributed by atoms with E-state index in [1.807, 2.05) is 36.6 Å². The number of thioether (sulfide) groups is 1. The number of rotatable bonds is 18. The van der Waals surface area contributed by atoms with Crippen LogP contribution in [0.2, 0.25) is 0 Å². The minimum atomic E-state index is -1.25. The molecule has 41 heavy (non-hydrogen) atoms. The van der Waals surface area contributed by atoms with E-state index in [1.165, 1.54) is 24.3 Å². The van der Waals surface area contributed by atoms with Gasteiger partial charge >= 0.3 is 5.97 Å². The SMILES string of the molecule is CSCCC(NC(=O)C(CCCN=C(N)N)NC(=O)C(N)Cc1ccccc1)C(=O)NC(Cc1cnc[nH]1)C(=O)O. The lowest BCUT2D eigenvalue weighted by molar-refractivity contribution is -0.142. The molecule has 0 radical (unpaired) electrons. The Morgan fingerprint density at radius 2 is 1.61 bits per heavy atom. The van der Waals surface area contributed by atoms with Crippen molar-refractivity contribution < 1.29 is 24.3 Å². The molecule has 1 heterocycles. The molecule has 0 bridgehead atoms. The molecule has 0 saturated carbocycles. The molecule has 2 rings (SSSR count). The summed E-state index contributed by atoms with van der Waals surface area (Å²) in [6, 6.07) is 4.97. The van der Waals surface area contributed by atoms with Crippen LogP contribution in [-0.2, 0) is 32.0 Å². The van der Waals surface area contributed by atoms with E-state index in [0.717, 1.165) is 5.56 Å². The number of nitrogens with one attached hydrogen (secondary N) is 4. The first-order valence-corrected chi connectivity index (χ1v) is 14.4. The summed E-state index contributed by atoms with van der Waals surface area (Å²) in [5.41, 5.74) is 18.3. The van der Waals surface area contributed by atoms with E-state index in [-0.39, 0.29) is 38.2 Å². The van der Waals surface area contributed by atoms with Gasteiger partial charge in [-0.05, 0) is 43.3 Å². The van der Waals surface area contributed by atoms with E-state index in [1.54, 1.807) is 0 Å². The maximum absolute atomic E-state index is 13.4. The zero-order valence-electron chi connectivity index (χ0n) is 22.9. The number of aromatic nitrogens is 2. The number of guanidine groups is 1. The van der Waals surface area contributed by atoms with Gasteiger partial charge in [0, 0.05) is 24.9 Å². The van der Waals surface area contributed by atoms with Crippen LogP contribution in [0.15, 0.2) is 47.8 Å². The highest BCUT2D eigenvalue weighted by Crippen LogP contribution is 2.08. The molecule has 224 valence electrons. The maximum atomic E-state index is 13.4. The summed E-state index contributed by atoms with van der Waals surface area (Å²) in [6.07, 6.45) is 5.72. The minimum absolute atomic E-state index is 0.0208. The van der Waals surface area contributed by atoms with E-state index < -0.39 is 47.9 Å². The average molecular weight is 590 g/mol. The summed E-state index contributed by atoms with van der Waals surface area (Å²) in [4.78, 5) is 61.8. The first-order valence-electron chi connectivity index (χ1n) is 13.1. The number of carboxylic acid groups (broad SMARTS) is 1. The van der Waals surface area contributed by atoms with Gasteiger partial charge in [0.1, 0.15) is 18.1 Å². The topological polar surface area (TPSA) is 244 Å². The van der Waals surface area contributed by atoms with Crippen LogP contribution in [0.3, 0.4) is 0 Å². The molecular weight excluding hydrogens is 550 g/mol. The summed E-state index contributed by atoms with van der Waals surface area (Å²) >= 11 is 1.46. The molecule has 0 fully saturated rings. The number of aliphatic carboxylic acids is 1. The standard InChI is InChI=1S/C26H39N9O5S/c1-41-11-9-20(24(38)35-21(25(39)40)13-17-14-30-15-32-17)34-23(37)19(8-5-10-31-26(28)29)33-22(36)18(27)12-16-6-3-2-4-7-16/h2-4,6-7,14-15,18-21H,5,8-13,27H2,1H3,(H,30,32)(H,33,36)(H,34,37)(H,35,38)(H,39,40)(H4,28,29,31). The van der Waals surface area contributed by atoms with E-state index in [4.69, 9.17) is 17.2 Å². The molecule has 1 aromatic carbocycles. The number of benzene rings is 1. The van der Waals surface area contributed by atoms with Crippen LogP contribution in [0.1, 0.15) is 30.5 Å². The smallest absolute Gasteiger partial charge is 0.326 e. The van der Waals surface area contributed by atoms with Crippen LogP contribution in [0.5, 0.6) is 0 Å². The van der Waals surface area contributed by atoms with Crippen molar-refractivity contribution in [3.05, 3.63) is 54.1 Å². The molecule has 11 N–H and O–H groups in total. The van der Waals surface area contributed by atoms with Crippen LogP contribution in [0.25, 0.3) is 0 Å². The number of hydrogen-bond donors (Lipinski definition) is 8. The predicted octanol–water partition coefficient (Wildman–Crippen LogP) is -1.13. The third-order valence-corrected chi connectivity index (χ3v) is 6.69. The van der Waals surface area contributed by atoms with Gasteiger partial charge in [-0.3, -0.25) is 19.4 Å². The summed E-state index contributed by atoms with van der Waals surface area (Å²) in [7, 11) is 0. The van der Waals surface area contributed by atoms with Crippen LogP contribution in [0, 0.1) is 0 Å². The number of nitrogens with two attached hydrogens (primary N) is 3. The molecule has 0 saturated heterocycles. The van der Waals surface area contributed by atoms with Crippen molar-refractivity contribution >= 4 is 41.4 Å². The molecule has 2 aromatic rings. The second kappa shape index (κ2) is 17.6. The number of carbonyl (C=O) groups excluding carboxylic acids is 3. The first kappa shape index (κ1) is 33.1. The van der Waals surface area contributed by atoms with Crippen molar-refractivity contribution in [1.29, 1.82) is 0 Å². The van der Waals surface area contributed by atoms with Gasteiger partial charge in [-0.15, -0.1) is 0 Å². The molecule has 1 aromatic heterocycles. The Morgan fingerprint density at radius 1 is 0.976 bits per heavy atom. The lowest BCUT2D eigenvalue weighted by atomic mass is 10.0. The zero-order valence-corrected chi connectivity index (χ0v) is 23.7. The monoisotopic (exact) mass is 589 g/mol. The molecule has 0 aliphatic rings. The molecule has 4 atom stereocenters. The van der Waals surface area contributed by atoms with Gasteiger partial charge in [-0.25, -0.2) is 9.78 Å². The van der Waals surface area contributed by atoms with Crippen LogP contribution in [0.4, 0.5) is 0 Å². The Balaban J connectivity index is 2.13. The second-order valence-electron chi connectivity index (χ2n) is 9.33. The third-order valence-electron chi connectivity index (χ3n) is 6.05. The van der Waals surface area contributed by atoms with Crippen molar-refractivity contribution in [3.63, 3.8) is 0 Å². The molecular formula is C26H39N9O5S. The number of amides is 3. The van der Waals surface area contributed by atoms with Gasteiger partial charge in [-0.2, -0.15) is 11.8 Å². The molecule has 0 aliphatic heterocycles. The van der Waals surface area contributed by atoms with E-state index in [0.29, 0.717) is 17.9 Å². The average Bonchev–Trinajstić information content (AvgIpc) is 3.45. The van der Waals surface area contributed by atoms with Gasteiger partial charge in [0.2, 0.25) is 17.7 Å². The molecule has 14 nitrogen and oxygen atoms in total. The number of hydrogen-bond acceptors (Lipinski definition) is 8. The van der Waals surface area contributed by atoms with Gasteiger partial charge in [0.05, 0.1) is 12.4 Å². The van der Waals surface area contributed by atoms with E-state index >= 15 is 0 Å². The van der Waals surface area contributed by atoms with Gasteiger partial charge in [0.15, 0.2) is 5.96 Å². The predicted molar refractivity (Wildman–Crippen MR) is 157 cm³/mol.